The van der Waals surface area contributed by atoms with Crippen molar-refractivity contribution in [3.8, 4) is 5.69 Å². The van der Waals surface area contributed by atoms with Crippen LogP contribution in [0.5, 0.6) is 0 Å². The van der Waals surface area contributed by atoms with Gasteiger partial charge in [-0.3, -0.25) is 4.90 Å². The maximum absolute atomic E-state index is 4.09. The number of hydrogen-bond acceptors (Lipinski definition) is 3. The summed E-state index contributed by atoms with van der Waals surface area (Å²) >= 11 is 0. The number of nitrogens with one attached hydrogen (secondary N) is 1. The molecule has 0 aliphatic carbocycles. The molecule has 4 heteroatoms. The third kappa shape index (κ3) is 3.71. The average Bonchev–Trinajstić information content (AvgIpc) is 2.90. The first-order valence-corrected chi connectivity index (χ1v) is 7.81. The topological polar surface area (TPSA) is 33.1 Å². The summed E-state index contributed by atoms with van der Waals surface area (Å²) in [7, 11) is 2.25. The Bertz CT molecular complexity index is 524. The first-order valence-electron chi connectivity index (χ1n) is 7.81. The summed E-state index contributed by atoms with van der Waals surface area (Å²) in [5, 5.41) is 3.48. The molecule has 1 N–H and O–H groups in total. The third-order valence-electron chi connectivity index (χ3n) is 4.34. The molecule has 0 spiro atoms. The Hall–Kier alpha value is -1.65. The predicted octanol–water partition coefficient (Wildman–Crippen LogP) is 2.45. The van der Waals surface area contributed by atoms with E-state index in [1.54, 1.807) is 0 Å². The largest absolute Gasteiger partial charge is 0.317 e. The second-order valence-corrected chi connectivity index (χ2v) is 5.89. The van der Waals surface area contributed by atoms with Crippen LogP contribution >= 0.6 is 0 Å². The molecule has 112 valence electrons. The lowest BCUT2D eigenvalue weighted by atomic mass is 10.1. The van der Waals surface area contributed by atoms with E-state index in [4.69, 9.17) is 0 Å². The monoisotopic (exact) mass is 284 g/mol. The van der Waals surface area contributed by atoms with E-state index in [-0.39, 0.29) is 0 Å². The van der Waals surface area contributed by atoms with Crippen molar-refractivity contribution in [1.82, 2.24) is 19.8 Å². The van der Waals surface area contributed by atoms with Crippen LogP contribution in [0.3, 0.4) is 0 Å². The number of imidazole rings is 1. The van der Waals surface area contributed by atoms with Crippen LogP contribution in [0, 0.1) is 0 Å². The van der Waals surface area contributed by atoms with Crippen molar-refractivity contribution in [1.29, 1.82) is 0 Å². The Labute approximate surface area is 126 Å². The highest BCUT2D eigenvalue weighted by molar-refractivity contribution is 5.34. The van der Waals surface area contributed by atoms with Gasteiger partial charge in [0, 0.05) is 30.7 Å². The molecule has 1 saturated heterocycles. The minimum atomic E-state index is 0.702. The highest BCUT2D eigenvalue weighted by Crippen LogP contribution is 2.16. The fourth-order valence-corrected chi connectivity index (χ4v) is 3.04. The van der Waals surface area contributed by atoms with Crippen LogP contribution in [0.2, 0.25) is 0 Å². The second-order valence-electron chi connectivity index (χ2n) is 5.89. The SMILES string of the molecule is CN(Cc1ccc(-n2ccnc2)cc1)C1CCCNCC1. The molecule has 4 nitrogen and oxygen atoms in total. The molecule has 21 heavy (non-hydrogen) atoms. The van der Waals surface area contributed by atoms with E-state index in [9.17, 15) is 0 Å². The standard InChI is InChI=1S/C17H24N4/c1-20(16-3-2-9-18-10-8-16)13-15-4-6-17(7-5-15)21-12-11-19-14-21/h4-7,11-12,14,16,18H,2-3,8-10,13H2,1H3. The molecule has 2 aromatic rings. The lowest BCUT2D eigenvalue weighted by Crippen LogP contribution is -2.31. The summed E-state index contributed by atoms with van der Waals surface area (Å²) in [5.74, 6) is 0. The van der Waals surface area contributed by atoms with Crippen LogP contribution in [0.4, 0.5) is 0 Å². The summed E-state index contributed by atoms with van der Waals surface area (Å²) < 4.78 is 2.03. The van der Waals surface area contributed by atoms with E-state index < -0.39 is 0 Å². The molecule has 3 rings (SSSR count). The fourth-order valence-electron chi connectivity index (χ4n) is 3.04. The highest BCUT2D eigenvalue weighted by atomic mass is 15.1. The molecule has 1 atom stereocenters. The molecular formula is C17H24N4. The van der Waals surface area contributed by atoms with Crippen LogP contribution in [0.1, 0.15) is 24.8 Å². The van der Waals surface area contributed by atoms with Crippen molar-refractivity contribution < 1.29 is 0 Å². The number of rotatable bonds is 4. The summed E-state index contributed by atoms with van der Waals surface area (Å²) in [4.78, 5) is 6.59. The molecule has 2 heterocycles. The van der Waals surface area contributed by atoms with Gasteiger partial charge in [0.15, 0.2) is 0 Å². The van der Waals surface area contributed by atoms with E-state index >= 15 is 0 Å². The summed E-state index contributed by atoms with van der Waals surface area (Å²) in [5.41, 5.74) is 2.54. The van der Waals surface area contributed by atoms with Gasteiger partial charge in [0.1, 0.15) is 0 Å². The van der Waals surface area contributed by atoms with Gasteiger partial charge in [0.05, 0.1) is 6.33 Å². The zero-order chi connectivity index (χ0) is 14.5. The van der Waals surface area contributed by atoms with Gasteiger partial charge in [-0.1, -0.05) is 12.1 Å². The maximum Gasteiger partial charge on any atom is 0.0991 e. The summed E-state index contributed by atoms with van der Waals surface area (Å²) in [6.07, 6.45) is 9.45. The quantitative estimate of drug-likeness (QED) is 0.936. The van der Waals surface area contributed by atoms with E-state index in [2.05, 4.69) is 46.5 Å². The van der Waals surface area contributed by atoms with Crippen molar-refractivity contribution in [2.75, 3.05) is 20.1 Å². The first kappa shape index (κ1) is 14.3. The minimum absolute atomic E-state index is 0.702. The number of hydrogen-bond donors (Lipinski definition) is 1. The molecule has 0 bridgehead atoms. The van der Waals surface area contributed by atoms with Crippen molar-refractivity contribution >= 4 is 0 Å². The van der Waals surface area contributed by atoms with Gasteiger partial charge in [-0.2, -0.15) is 0 Å². The fraction of sp³-hybridized carbons (Fsp3) is 0.471. The predicted molar refractivity (Wildman–Crippen MR) is 85.5 cm³/mol. The second kappa shape index (κ2) is 6.87. The minimum Gasteiger partial charge on any atom is -0.317 e. The van der Waals surface area contributed by atoms with Crippen LogP contribution < -0.4 is 5.32 Å². The smallest absolute Gasteiger partial charge is 0.0991 e. The number of nitrogens with zero attached hydrogens (tertiary/aromatic N) is 3. The van der Waals surface area contributed by atoms with Crippen molar-refractivity contribution in [3.63, 3.8) is 0 Å². The zero-order valence-electron chi connectivity index (χ0n) is 12.7. The Morgan fingerprint density at radius 2 is 2.10 bits per heavy atom. The lowest BCUT2D eigenvalue weighted by molar-refractivity contribution is 0.216. The van der Waals surface area contributed by atoms with E-state index in [1.165, 1.54) is 31.4 Å². The molecule has 1 unspecified atom stereocenters. The van der Waals surface area contributed by atoms with Crippen molar-refractivity contribution in [2.45, 2.75) is 31.8 Å². The van der Waals surface area contributed by atoms with Crippen LogP contribution in [-0.4, -0.2) is 40.6 Å². The number of benzene rings is 1. The summed E-state index contributed by atoms with van der Waals surface area (Å²) in [6.45, 7) is 3.34. The third-order valence-corrected chi connectivity index (χ3v) is 4.34. The van der Waals surface area contributed by atoms with Crippen molar-refractivity contribution in [3.05, 3.63) is 48.5 Å². The van der Waals surface area contributed by atoms with Gasteiger partial charge in [-0.25, -0.2) is 4.98 Å². The molecule has 0 saturated carbocycles. The molecule has 0 radical (unpaired) electrons. The van der Waals surface area contributed by atoms with Crippen molar-refractivity contribution in [2.24, 2.45) is 0 Å². The van der Waals surface area contributed by atoms with Gasteiger partial charge >= 0.3 is 0 Å². The van der Waals surface area contributed by atoms with Crippen LogP contribution in [0.15, 0.2) is 43.0 Å². The molecule has 0 amide bonds. The Kier molecular flexibility index (Phi) is 4.68. The lowest BCUT2D eigenvalue weighted by Gasteiger charge is -2.27. The normalized spacial score (nSPS) is 19.6. The van der Waals surface area contributed by atoms with E-state index in [1.807, 2.05) is 23.3 Å². The van der Waals surface area contributed by atoms with E-state index in [0.29, 0.717) is 6.04 Å². The molecule has 1 aliphatic heterocycles. The van der Waals surface area contributed by atoms with E-state index in [0.717, 1.165) is 18.8 Å². The molecule has 1 fully saturated rings. The van der Waals surface area contributed by atoms with Gasteiger partial charge in [-0.05, 0) is 57.1 Å². The average molecular weight is 284 g/mol. The van der Waals surface area contributed by atoms with Gasteiger partial charge < -0.3 is 9.88 Å². The Morgan fingerprint density at radius 1 is 1.24 bits per heavy atom. The van der Waals surface area contributed by atoms with Gasteiger partial charge in [0.2, 0.25) is 0 Å². The Morgan fingerprint density at radius 3 is 2.86 bits per heavy atom. The summed E-state index contributed by atoms with van der Waals surface area (Å²) in [6, 6.07) is 9.48. The maximum atomic E-state index is 4.09. The zero-order valence-corrected chi connectivity index (χ0v) is 12.7. The molecular weight excluding hydrogens is 260 g/mol. The Balaban J connectivity index is 1.61. The molecule has 1 aliphatic rings. The van der Waals surface area contributed by atoms with Gasteiger partial charge in [0.25, 0.3) is 0 Å². The van der Waals surface area contributed by atoms with Gasteiger partial charge in [-0.15, -0.1) is 0 Å². The molecule has 1 aromatic heterocycles. The highest BCUT2D eigenvalue weighted by Gasteiger charge is 2.16. The number of aromatic nitrogens is 2. The van der Waals surface area contributed by atoms with Crippen LogP contribution in [-0.2, 0) is 6.54 Å². The molecule has 1 aromatic carbocycles. The first-order chi connectivity index (χ1) is 10.3. The van der Waals surface area contributed by atoms with Crippen LogP contribution in [0.25, 0.3) is 5.69 Å².